The maximum atomic E-state index is 9.67. The Bertz CT molecular complexity index is 339. The van der Waals surface area contributed by atoms with Gasteiger partial charge in [0.15, 0.2) is 6.29 Å². The fraction of sp³-hybridized carbons (Fsp3) is 0.600. The number of nitrogens with one attached hydrogen (secondary N) is 1. The molecule has 0 aliphatic heterocycles. The van der Waals surface area contributed by atoms with Crippen molar-refractivity contribution < 1.29 is 14.6 Å². The molecule has 0 saturated carbocycles. The van der Waals surface area contributed by atoms with E-state index in [2.05, 4.69) is 5.32 Å². The lowest BCUT2D eigenvalue weighted by atomic mass is 9.93. The zero-order chi connectivity index (χ0) is 14.1. The molecule has 0 spiro atoms. The van der Waals surface area contributed by atoms with Crippen LogP contribution in [0.25, 0.3) is 0 Å². The lowest BCUT2D eigenvalue weighted by Gasteiger charge is -2.31. The Morgan fingerprint density at radius 1 is 1.16 bits per heavy atom. The van der Waals surface area contributed by atoms with E-state index in [1.54, 1.807) is 0 Å². The highest BCUT2D eigenvalue weighted by molar-refractivity contribution is 5.23. The topological polar surface area (TPSA) is 50.7 Å². The fourth-order valence-corrected chi connectivity index (χ4v) is 1.90. The molecule has 0 saturated heterocycles. The largest absolute Gasteiger partial charge is 0.394 e. The highest BCUT2D eigenvalue weighted by atomic mass is 16.7. The van der Waals surface area contributed by atoms with E-state index in [1.807, 2.05) is 51.1 Å². The van der Waals surface area contributed by atoms with Gasteiger partial charge in [0.2, 0.25) is 0 Å². The predicted octanol–water partition coefficient (Wildman–Crippen LogP) is 1.88. The minimum absolute atomic E-state index is 0.0159. The van der Waals surface area contributed by atoms with Crippen LogP contribution in [0.4, 0.5) is 0 Å². The monoisotopic (exact) mass is 267 g/mol. The van der Waals surface area contributed by atoms with E-state index < -0.39 is 5.54 Å². The summed E-state index contributed by atoms with van der Waals surface area (Å²) in [6, 6.07) is 9.89. The molecule has 1 aromatic rings. The van der Waals surface area contributed by atoms with Crippen LogP contribution in [0, 0.1) is 0 Å². The molecule has 4 nitrogen and oxygen atoms in total. The molecule has 0 aromatic heterocycles. The first-order valence-corrected chi connectivity index (χ1v) is 6.81. The van der Waals surface area contributed by atoms with E-state index >= 15 is 0 Å². The number of rotatable bonds is 9. The van der Waals surface area contributed by atoms with Gasteiger partial charge in [-0.25, -0.2) is 0 Å². The maximum Gasteiger partial charge on any atom is 0.169 e. The van der Waals surface area contributed by atoms with Crippen LogP contribution >= 0.6 is 0 Å². The van der Waals surface area contributed by atoms with Crippen LogP contribution in [0.15, 0.2) is 30.3 Å². The molecule has 1 aromatic carbocycles. The zero-order valence-electron chi connectivity index (χ0n) is 12.1. The molecule has 108 valence electrons. The van der Waals surface area contributed by atoms with Crippen molar-refractivity contribution in [1.29, 1.82) is 0 Å². The Hall–Kier alpha value is -0.940. The van der Waals surface area contributed by atoms with Crippen LogP contribution in [0.1, 0.15) is 26.3 Å². The molecule has 0 radical (unpaired) electrons. The molecule has 1 unspecified atom stereocenters. The first-order chi connectivity index (χ1) is 9.16. The summed E-state index contributed by atoms with van der Waals surface area (Å²) < 4.78 is 11.0. The van der Waals surface area contributed by atoms with E-state index in [1.165, 1.54) is 0 Å². The third kappa shape index (κ3) is 4.91. The van der Waals surface area contributed by atoms with Gasteiger partial charge in [0.1, 0.15) is 0 Å². The Morgan fingerprint density at radius 3 is 2.21 bits per heavy atom. The molecule has 19 heavy (non-hydrogen) atoms. The number of hydrogen-bond donors (Lipinski definition) is 2. The van der Waals surface area contributed by atoms with Gasteiger partial charge < -0.3 is 19.9 Å². The summed E-state index contributed by atoms with van der Waals surface area (Å²) in [5.74, 6) is 0. The average molecular weight is 267 g/mol. The van der Waals surface area contributed by atoms with Crippen molar-refractivity contribution in [2.75, 3.05) is 26.4 Å². The highest BCUT2D eigenvalue weighted by Crippen LogP contribution is 2.19. The second-order valence-corrected chi connectivity index (χ2v) is 4.58. The molecular formula is C15H25NO3. The van der Waals surface area contributed by atoms with Crippen LogP contribution in [0.5, 0.6) is 0 Å². The van der Waals surface area contributed by atoms with E-state index in [4.69, 9.17) is 9.47 Å². The van der Waals surface area contributed by atoms with Crippen molar-refractivity contribution in [3.63, 3.8) is 0 Å². The molecule has 0 bridgehead atoms. The molecular weight excluding hydrogens is 242 g/mol. The van der Waals surface area contributed by atoms with Crippen molar-refractivity contribution in [3.05, 3.63) is 35.9 Å². The van der Waals surface area contributed by atoms with Gasteiger partial charge in [-0.3, -0.25) is 0 Å². The highest BCUT2D eigenvalue weighted by Gasteiger charge is 2.26. The van der Waals surface area contributed by atoms with E-state index in [9.17, 15) is 5.11 Å². The minimum Gasteiger partial charge on any atom is -0.394 e. The summed E-state index contributed by atoms with van der Waals surface area (Å²) in [7, 11) is 0. The van der Waals surface area contributed by atoms with E-state index in [0.29, 0.717) is 19.8 Å². The molecule has 1 rings (SSSR count). The van der Waals surface area contributed by atoms with Gasteiger partial charge in [-0.05, 0) is 26.3 Å². The van der Waals surface area contributed by atoms with Gasteiger partial charge >= 0.3 is 0 Å². The SMILES string of the molecule is CCOC(CNC(C)(CO)c1ccccc1)OCC. The third-order valence-corrected chi connectivity index (χ3v) is 3.09. The summed E-state index contributed by atoms with van der Waals surface area (Å²) in [5.41, 5.74) is 0.553. The first kappa shape index (κ1) is 16.1. The fourth-order valence-electron chi connectivity index (χ4n) is 1.90. The number of hydrogen-bond acceptors (Lipinski definition) is 4. The summed E-state index contributed by atoms with van der Waals surface area (Å²) >= 11 is 0. The summed E-state index contributed by atoms with van der Waals surface area (Å²) in [4.78, 5) is 0. The second kappa shape index (κ2) is 8.27. The summed E-state index contributed by atoms with van der Waals surface area (Å²) in [5, 5.41) is 13.0. The van der Waals surface area contributed by atoms with Gasteiger partial charge in [-0.2, -0.15) is 0 Å². The molecule has 0 amide bonds. The van der Waals surface area contributed by atoms with Crippen molar-refractivity contribution in [2.45, 2.75) is 32.6 Å². The molecule has 1 atom stereocenters. The summed E-state index contributed by atoms with van der Waals surface area (Å²) in [6.07, 6.45) is -0.287. The number of benzene rings is 1. The lowest BCUT2D eigenvalue weighted by Crippen LogP contribution is -2.47. The van der Waals surface area contributed by atoms with Crippen LogP contribution in [0.3, 0.4) is 0 Å². The van der Waals surface area contributed by atoms with Gasteiger partial charge in [-0.15, -0.1) is 0 Å². The van der Waals surface area contributed by atoms with Gasteiger partial charge in [-0.1, -0.05) is 30.3 Å². The molecule has 0 aliphatic rings. The molecule has 2 N–H and O–H groups in total. The van der Waals surface area contributed by atoms with Crippen molar-refractivity contribution >= 4 is 0 Å². The van der Waals surface area contributed by atoms with Gasteiger partial charge in [0.05, 0.1) is 12.1 Å². The van der Waals surface area contributed by atoms with Crippen molar-refractivity contribution in [1.82, 2.24) is 5.32 Å². The smallest absolute Gasteiger partial charge is 0.169 e. The Kier molecular flexibility index (Phi) is 7.02. The van der Waals surface area contributed by atoms with Crippen LogP contribution < -0.4 is 5.32 Å². The number of ether oxygens (including phenoxy) is 2. The van der Waals surface area contributed by atoms with E-state index in [0.717, 1.165) is 5.56 Å². The standard InChI is InChI=1S/C15H25NO3/c1-4-18-14(19-5-2)11-16-15(3,12-17)13-9-7-6-8-10-13/h6-10,14,16-17H,4-5,11-12H2,1-3H3. The van der Waals surface area contributed by atoms with Crippen molar-refractivity contribution in [3.8, 4) is 0 Å². The first-order valence-electron chi connectivity index (χ1n) is 6.81. The van der Waals surface area contributed by atoms with Crippen LogP contribution in [0.2, 0.25) is 0 Å². The Balaban J connectivity index is 2.65. The molecule has 0 heterocycles. The zero-order valence-corrected chi connectivity index (χ0v) is 12.1. The average Bonchev–Trinajstić information content (AvgIpc) is 2.46. The number of aliphatic hydroxyl groups excluding tert-OH is 1. The third-order valence-electron chi connectivity index (χ3n) is 3.09. The Morgan fingerprint density at radius 2 is 1.74 bits per heavy atom. The number of aliphatic hydroxyl groups is 1. The quantitative estimate of drug-likeness (QED) is 0.671. The second-order valence-electron chi connectivity index (χ2n) is 4.58. The van der Waals surface area contributed by atoms with Gasteiger partial charge in [0.25, 0.3) is 0 Å². The van der Waals surface area contributed by atoms with Crippen LogP contribution in [-0.4, -0.2) is 37.8 Å². The lowest BCUT2D eigenvalue weighted by molar-refractivity contribution is -0.136. The molecule has 0 fully saturated rings. The normalized spacial score (nSPS) is 14.6. The molecule has 4 heteroatoms. The maximum absolute atomic E-state index is 9.67. The Labute approximate surface area is 115 Å². The van der Waals surface area contributed by atoms with Crippen LogP contribution in [-0.2, 0) is 15.0 Å². The van der Waals surface area contributed by atoms with E-state index in [-0.39, 0.29) is 12.9 Å². The minimum atomic E-state index is -0.492. The summed E-state index contributed by atoms with van der Waals surface area (Å²) in [6.45, 7) is 7.61. The predicted molar refractivity (Wildman–Crippen MR) is 75.9 cm³/mol. The molecule has 0 aliphatic carbocycles. The van der Waals surface area contributed by atoms with Crippen molar-refractivity contribution in [2.24, 2.45) is 0 Å². The van der Waals surface area contributed by atoms with Gasteiger partial charge in [0, 0.05) is 19.8 Å².